The van der Waals surface area contributed by atoms with Crippen LogP contribution < -0.4 is 4.74 Å². The minimum atomic E-state index is -2.85. The first-order valence-electron chi connectivity index (χ1n) is 11.2. The largest absolute Gasteiger partial charge is 0.494 e. The van der Waals surface area contributed by atoms with Crippen molar-refractivity contribution in [2.45, 2.75) is 65.2 Å². The molecule has 0 N–H and O–H groups in total. The zero-order chi connectivity index (χ0) is 20.8. The minimum Gasteiger partial charge on any atom is -0.494 e. The third-order valence-corrected chi connectivity index (χ3v) is 7.13. The molecule has 0 heterocycles. The molecule has 0 aliphatic rings. The van der Waals surface area contributed by atoms with E-state index in [0.29, 0.717) is 19.4 Å². The number of benzene rings is 2. The van der Waals surface area contributed by atoms with Gasteiger partial charge < -0.3 is 13.8 Å². The normalized spacial score (nSPS) is 11.8. The van der Waals surface area contributed by atoms with E-state index >= 15 is 0 Å². The van der Waals surface area contributed by atoms with Crippen LogP contribution in [0.15, 0.2) is 42.5 Å². The molecule has 2 aromatic rings. The molecule has 0 spiro atoms. The standard InChI is InChI=1S/C24H37O4P/c1-3-27-29(25,28-4-2)20-14-10-8-6-5-7-9-13-19-26-24-18-17-22-15-11-12-16-23(22)21-24/h11-12,15-18,21H,3-10,13-14,19-20H2,1-2H3. The number of fused-ring (bicyclic) bond motifs is 1. The lowest BCUT2D eigenvalue weighted by Gasteiger charge is -2.16. The van der Waals surface area contributed by atoms with Gasteiger partial charge in [0, 0.05) is 0 Å². The molecule has 0 atom stereocenters. The van der Waals surface area contributed by atoms with Crippen LogP contribution in [0.3, 0.4) is 0 Å². The molecular weight excluding hydrogens is 383 g/mol. The van der Waals surface area contributed by atoms with Crippen LogP contribution in [0.4, 0.5) is 0 Å². The molecule has 29 heavy (non-hydrogen) atoms. The Hall–Kier alpha value is -1.35. The summed E-state index contributed by atoms with van der Waals surface area (Å²) in [4.78, 5) is 0. The summed E-state index contributed by atoms with van der Waals surface area (Å²) in [5, 5.41) is 2.47. The van der Waals surface area contributed by atoms with Gasteiger partial charge >= 0.3 is 7.60 Å². The Balaban J connectivity index is 1.46. The lowest BCUT2D eigenvalue weighted by atomic mass is 10.1. The van der Waals surface area contributed by atoms with Crippen molar-refractivity contribution in [3.63, 3.8) is 0 Å². The lowest BCUT2D eigenvalue weighted by Crippen LogP contribution is -2.00. The summed E-state index contributed by atoms with van der Waals surface area (Å²) in [6, 6.07) is 14.6. The Morgan fingerprint density at radius 2 is 1.31 bits per heavy atom. The Kier molecular flexibility index (Phi) is 11.4. The van der Waals surface area contributed by atoms with E-state index in [1.165, 1.54) is 42.9 Å². The first-order chi connectivity index (χ1) is 14.2. The van der Waals surface area contributed by atoms with Crippen molar-refractivity contribution in [2.24, 2.45) is 0 Å². The van der Waals surface area contributed by atoms with E-state index in [1.54, 1.807) is 0 Å². The maximum Gasteiger partial charge on any atom is 0.330 e. The smallest absolute Gasteiger partial charge is 0.330 e. The SMILES string of the molecule is CCOP(=O)(CCCCCCCCCCOc1ccc2ccccc2c1)OCC. The average Bonchev–Trinajstić information content (AvgIpc) is 2.72. The summed E-state index contributed by atoms with van der Waals surface area (Å²) in [6.07, 6.45) is 9.77. The van der Waals surface area contributed by atoms with Crippen LogP contribution in [0, 0.1) is 0 Å². The Labute approximate surface area is 176 Å². The average molecular weight is 421 g/mol. The second-order valence-corrected chi connectivity index (χ2v) is 9.54. The number of hydrogen-bond acceptors (Lipinski definition) is 4. The molecule has 0 aliphatic carbocycles. The molecule has 2 aromatic carbocycles. The molecule has 0 aromatic heterocycles. The fourth-order valence-corrected chi connectivity index (χ4v) is 5.21. The van der Waals surface area contributed by atoms with Crippen molar-refractivity contribution in [3.05, 3.63) is 42.5 Å². The van der Waals surface area contributed by atoms with Crippen molar-refractivity contribution < 1.29 is 18.3 Å². The monoisotopic (exact) mass is 420 g/mol. The van der Waals surface area contributed by atoms with Gasteiger partial charge in [-0.3, -0.25) is 4.57 Å². The lowest BCUT2D eigenvalue weighted by molar-refractivity contribution is 0.219. The van der Waals surface area contributed by atoms with E-state index in [2.05, 4.69) is 42.5 Å². The Morgan fingerprint density at radius 1 is 0.724 bits per heavy atom. The predicted molar refractivity (Wildman–Crippen MR) is 122 cm³/mol. The Morgan fingerprint density at radius 3 is 1.97 bits per heavy atom. The van der Waals surface area contributed by atoms with E-state index in [4.69, 9.17) is 13.8 Å². The van der Waals surface area contributed by atoms with Gasteiger partial charge in [-0.15, -0.1) is 0 Å². The molecule has 2 rings (SSSR count). The van der Waals surface area contributed by atoms with Gasteiger partial charge in [0.25, 0.3) is 0 Å². The summed E-state index contributed by atoms with van der Waals surface area (Å²) in [5.74, 6) is 0.958. The van der Waals surface area contributed by atoms with Crippen molar-refractivity contribution >= 4 is 18.4 Å². The zero-order valence-electron chi connectivity index (χ0n) is 18.1. The molecule has 0 fully saturated rings. The van der Waals surface area contributed by atoms with Gasteiger partial charge in [-0.25, -0.2) is 0 Å². The first kappa shape index (κ1) is 23.9. The van der Waals surface area contributed by atoms with Gasteiger partial charge in [0.2, 0.25) is 0 Å². The predicted octanol–water partition coefficient (Wildman–Crippen LogP) is 7.61. The topological polar surface area (TPSA) is 44.8 Å². The molecular formula is C24H37O4P. The van der Waals surface area contributed by atoms with Gasteiger partial charge in [0.1, 0.15) is 5.75 Å². The second kappa shape index (κ2) is 13.8. The maximum absolute atomic E-state index is 12.4. The molecule has 0 saturated heterocycles. The molecule has 0 amide bonds. The van der Waals surface area contributed by atoms with E-state index in [9.17, 15) is 4.57 Å². The summed E-state index contributed by atoms with van der Waals surface area (Å²) in [7, 11) is -2.85. The van der Waals surface area contributed by atoms with Crippen molar-refractivity contribution in [1.82, 2.24) is 0 Å². The van der Waals surface area contributed by atoms with E-state index in [-0.39, 0.29) is 0 Å². The van der Waals surface area contributed by atoms with Crippen LogP contribution in [0.1, 0.15) is 65.2 Å². The summed E-state index contributed by atoms with van der Waals surface area (Å²) >= 11 is 0. The van der Waals surface area contributed by atoms with Crippen LogP contribution in [0.2, 0.25) is 0 Å². The van der Waals surface area contributed by atoms with Crippen LogP contribution in [0.25, 0.3) is 10.8 Å². The summed E-state index contributed by atoms with van der Waals surface area (Å²) in [5.41, 5.74) is 0. The quantitative estimate of drug-likeness (QED) is 0.207. The van der Waals surface area contributed by atoms with Gasteiger partial charge in [0.05, 0.1) is 26.0 Å². The number of ether oxygens (including phenoxy) is 1. The molecule has 0 bridgehead atoms. The number of rotatable bonds is 16. The van der Waals surface area contributed by atoms with Crippen LogP contribution >= 0.6 is 7.60 Å². The third-order valence-electron chi connectivity index (χ3n) is 4.97. The molecule has 162 valence electrons. The molecule has 5 heteroatoms. The summed E-state index contributed by atoms with van der Waals surface area (Å²) < 4.78 is 28.9. The molecule has 4 nitrogen and oxygen atoms in total. The molecule has 0 saturated carbocycles. The van der Waals surface area contributed by atoms with Crippen molar-refractivity contribution in [2.75, 3.05) is 26.0 Å². The van der Waals surface area contributed by atoms with Crippen LogP contribution in [-0.2, 0) is 13.6 Å². The molecule has 0 radical (unpaired) electrons. The van der Waals surface area contributed by atoms with Crippen molar-refractivity contribution in [3.8, 4) is 5.75 Å². The second-order valence-electron chi connectivity index (χ2n) is 7.36. The highest BCUT2D eigenvalue weighted by atomic mass is 31.2. The highest BCUT2D eigenvalue weighted by Crippen LogP contribution is 2.48. The molecule has 0 aliphatic heterocycles. The third kappa shape index (κ3) is 9.33. The van der Waals surface area contributed by atoms with Crippen molar-refractivity contribution in [1.29, 1.82) is 0 Å². The van der Waals surface area contributed by atoms with Crippen LogP contribution in [0.5, 0.6) is 5.75 Å². The zero-order valence-corrected chi connectivity index (χ0v) is 19.0. The maximum atomic E-state index is 12.4. The van der Waals surface area contributed by atoms with E-state index in [0.717, 1.165) is 31.6 Å². The van der Waals surface area contributed by atoms with Gasteiger partial charge in [-0.05, 0) is 49.6 Å². The Bertz CT molecular complexity index is 736. The highest BCUT2D eigenvalue weighted by Gasteiger charge is 2.22. The fourth-order valence-electron chi connectivity index (χ4n) is 3.48. The van der Waals surface area contributed by atoms with Gasteiger partial charge in [0.15, 0.2) is 0 Å². The minimum absolute atomic E-state index is 0.446. The highest BCUT2D eigenvalue weighted by molar-refractivity contribution is 7.53. The number of unbranched alkanes of at least 4 members (excludes halogenated alkanes) is 7. The fraction of sp³-hybridized carbons (Fsp3) is 0.583. The van der Waals surface area contributed by atoms with Gasteiger partial charge in [-0.2, -0.15) is 0 Å². The van der Waals surface area contributed by atoms with Crippen LogP contribution in [-0.4, -0.2) is 26.0 Å². The van der Waals surface area contributed by atoms with E-state index < -0.39 is 7.60 Å². The summed E-state index contributed by atoms with van der Waals surface area (Å²) in [6.45, 7) is 5.39. The van der Waals surface area contributed by atoms with E-state index in [1.807, 2.05) is 13.8 Å². The molecule has 0 unspecified atom stereocenters. The first-order valence-corrected chi connectivity index (χ1v) is 12.9. The number of hydrogen-bond donors (Lipinski definition) is 0. The van der Waals surface area contributed by atoms with Gasteiger partial charge in [-0.1, -0.05) is 68.9 Å².